The van der Waals surface area contributed by atoms with Gasteiger partial charge in [0.05, 0.1) is 0 Å². The van der Waals surface area contributed by atoms with Crippen molar-refractivity contribution in [2.24, 2.45) is 11.1 Å². The van der Waals surface area contributed by atoms with E-state index >= 15 is 0 Å². The van der Waals surface area contributed by atoms with E-state index in [-0.39, 0.29) is 22.3 Å². The van der Waals surface area contributed by atoms with Gasteiger partial charge in [-0.1, -0.05) is 66.7 Å². The van der Waals surface area contributed by atoms with Crippen LogP contribution in [0.1, 0.15) is 90.5 Å². The molecule has 0 spiro atoms. The Hall–Kier alpha value is -0.820. The molecule has 1 aromatic carbocycles. The maximum absolute atomic E-state index is 6.47. The minimum atomic E-state index is 0.135. The van der Waals surface area contributed by atoms with Crippen molar-refractivity contribution in [3.05, 3.63) is 34.9 Å². The van der Waals surface area contributed by atoms with Crippen molar-refractivity contribution in [1.82, 2.24) is 0 Å². The Morgan fingerprint density at radius 1 is 1.00 bits per heavy atom. The van der Waals surface area contributed by atoms with Crippen LogP contribution in [-0.2, 0) is 10.8 Å². The van der Waals surface area contributed by atoms with Crippen molar-refractivity contribution in [3.63, 3.8) is 0 Å². The van der Waals surface area contributed by atoms with Crippen LogP contribution in [0.25, 0.3) is 0 Å². The fraction of sp³-hybridized carbons (Fsp3) is 0.700. The van der Waals surface area contributed by atoms with E-state index in [1.54, 1.807) is 0 Å². The molecule has 1 aliphatic carbocycles. The number of hydrogen-bond acceptors (Lipinski definition) is 1. The van der Waals surface area contributed by atoms with Gasteiger partial charge in [-0.15, -0.1) is 0 Å². The molecular weight excluding hydrogens is 254 g/mol. The van der Waals surface area contributed by atoms with Gasteiger partial charge in [-0.2, -0.15) is 0 Å². The minimum absolute atomic E-state index is 0.135. The predicted molar refractivity (Wildman–Crippen MR) is 92.7 cm³/mol. The first kappa shape index (κ1) is 16.5. The normalized spacial score (nSPS) is 21.7. The van der Waals surface area contributed by atoms with E-state index in [2.05, 4.69) is 66.7 Å². The average molecular weight is 287 g/mol. The number of benzene rings is 1. The van der Waals surface area contributed by atoms with E-state index in [4.69, 9.17) is 5.73 Å². The molecule has 1 aromatic rings. The summed E-state index contributed by atoms with van der Waals surface area (Å²) in [6.07, 6.45) is 3.54. The molecule has 118 valence electrons. The van der Waals surface area contributed by atoms with Gasteiger partial charge in [0.15, 0.2) is 0 Å². The summed E-state index contributed by atoms with van der Waals surface area (Å²) in [4.78, 5) is 0. The van der Waals surface area contributed by atoms with E-state index in [1.807, 2.05) is 0 Å². The predicted octanol–water partition coefficient (Wildman–Crippen LogP) is 5.47. The third-order valence-electron chi connectivity index (χ3n) is 5.14. The fourth-order valence-corrected chi connectivity index (χ4v) is 3.61. The summed E-state index contributed by atoms with van der Waals surface area (Å²) in [6, 6.07) is 7.13. The molecule has 0 radical (unpaired) electrons. The van der Waals surface area contributed by atoms with Gasteiger partial charge in [-0.25, -0.2) is 0 Å². The Balaban J connectivity index is 2.42. The highest BCUT2D eigenvalue weighted by atomic mass is 14.6. The lowest BCUT2D eigenvalue weighted by Crippen LogP contribution is -2.34. The SMILES string of the molecule is CC(C)(C)CC(N)c1ccc2c(c1)C(C)(C)CCC2(C)C. The van der Waals surface area contributed by atoms with Crippen LogP contribution in [0.3, 0.4) is 0 Å². The molecule has 1 atom stereocenters. The van der Waals surface area contributed by atoms with E-state index < -0.39 is 0 Å². The molecule has 21 heavy (non-hydrogen) atoms. The van der Waals surface area contributed by atoms with Crippen LogP contribution in [0.2, 0.25) is 0 Å². The molecule has 0 aromatic heterocycles. The minimum Gasteiger partial charge on any atom is -0.324 e. The van der Waals surface area contributed by atoms with E-state index in [0.717, 1.165) is 6.42 Å². The number of nitrogens with two attached hydrogens (primary N) is 1. The smallest absolute Gasteiger partial charge is 0.0299 e. The fourth-order valence-electron chi connectivity index (χ4n) is 3.61. The zero-order valence-corrected chi connectivity index (χ0v) is 15.0. The van der Waals surface area contributed by atoms with Gasteiger partial charge in [0, 0.05) is 6.04 Å². The molecule has 1 aliphatic rings. The lowest BCUT2D eigenvalue weighted by Gasteiger charge is -2.42. The Morgan fingerprint density at radius 2 is 1.52 bits per heavy atom. The van der Waals surface area contributed by atoms with Crippen LogP contribution < -0.4 is 5.73 Å². The monoisotopic (exact) mass is 287 g/mol. The third-order valence-corrected chi connectivity index (χ3v) is 5.14. The summed E-state index contributed by atoms with van der Waals surface area (Å²) < 4.78 is 0. The van der Waals surface area contributed by atoms with Gasteiger partial charge in [-0.3, -0.25) is 0 Å². The molecule has 1 unspecified atom stereocenters. The van der Waals surface area contributed by atoms with Crippen LogP contribution in [0, 0.1) is 5.41 Å². The van der Waals surface area contributed by atoms with Gasteiger partial charge < -0.3 is 5.73 Å². The average Bonchev–Trinajstić information content (AvgIpc) is 2.33. The van der Waals surface area contributed by atoms with Crippen LogP contribution in [0.5, 0.6) is 0 Å². The molecule has 0 saturated carbocycles. The van der Waals surface area contributed by atoms with Crippen molar-refractivity contribution < 1.29 is 0 Å². The van der Waals surface area contributed by atoms with Gasteiger partial charge in [0.2, 0.25) is 0 Å². The van der Waals surface area contributed by atoms with E-state index in [1.165, 1.54) is 29.5 Å². The van der Waals surface area contributed by atoms with Crippen molar-refractivity contribution >= 4 is 0 Å². The number of hydrogen-bond donors (Lipinski definition) is 1. The molecule has 0 aliphatic heterocycles. The number of rotatable bonds is 2. The summed E-state index contributed by atoms with van der Waals surface area (Å²) in [6.45, 7) is 16.3. The first-order chi connectivity index (χ1) is 9.42. The second kappa shape index (κ2) is 5.12. The molecule has 1 nitrogen and oxygen atoms in total. The Morgan fingerprint density at radius 3 is 2.05 bits per heavy atom. The molecule has 2 rings (SSSR count). The molecule has 0 amide bonds. The summed E-state index contributed by atoms with van der Waals surface area (Å²) in [7, 11) is 0. The second-order valence-electron chi connectivity index (χ2n) is 9.44. The van der Waals surface area contributed by atoms with Gasteiger partial charge in [0.1, 0.15) is 0 Å². The molecule has 2 N–H and O–H groups in total. The van der Waals surface area contributed by atoms with Crippen LogP contribution in [0.4, 0.5) is 0 Å². The molecular formula is C20H33N. The Labute approximate surface area is 131 Å². The van der Waals surface area contributed by atoms with Crippen molar-refractivity contribution in [1.29, 1.82) is 0 Å². The Kier molecular flexibility index (Phi) is 4.04. The molecule has 0 saturated heterocycles. The van der Waals surface area contributed by atoms with E-state index in [0.29, 0.717) is 0 Å². The molecule has 0 fully saturated rings. The highest BCUT2D eigenvalue weighted by Gasteiger charge is 2.37. The van der Waals surface area contributed by atoms with Crippen molar-refractivity contribution in [2.75, 3.05) is 0 Å². The first-order valence-corrected chi connectivity index (χ1v) is 8.33. The third kappa shape index (κ3) is 3.51. The summed E-state index contributed by atoms with van der Waals surface area (Å²) in [5.41, 5.74) is 11.6. The molecule has 1 heteroatoms. The maximum Gasteiger partial charge on any atom is 0.0299 e. The highest BCUT2D eigenvalue weighted by Crippen LogP contribution is 2.46. The van der Waals surface area contributed by atoms with Crippen LogP contribution in [0.15, 0.2) is 18.2 Å². The molecule has 0 bridgehead atoms. The van der Waals surface area contributed by atoms with E-state index in [9.17, 15) is 0 Å². The zero-order chi connectivity index (χ0) is 16.1. The maximum atomic E-state index is 6.47. The van der Waals surface area contributed by atoms with Crippen molar-refractivity contribution in [2.45, 2.75) is 84.6 Å². The largest absolute Gasteiger partial charge is 0.324 e. The molecule has 0 heterocycles. The lowest BCUT2D eigenvalue weighted by molar-refractivity contribution is 0.328. The van der Waals surface area contributed by atoms with Gasteiger partial charge in [0.25, 0.3) is 0 Å². The topological polar surface area (TPSA) is 26.0 Å². The summed E-state index contributed by atoms with van der Waals surface area (Å²) >= 11 is 0. The van der Waals surface area contributed by atoms with Crippen LogP contribution in [-0.4, -0.2) is 0 Å². The van der Waals surface area contributed by atoms with Crippen LogP contribution >= 0.6 is 0 Å². The summed E-state index contributed by atoms with van der Waals surface area (Å²) in [5, 5.41) is 0. The van der Waals surface area contributed by atoms with Gasteiger partial charge in [-0.05, 0) is 52.2 Å². The lowest BCUT2D eigenvalue weighted by atomic mass is 9.63. The summed E-state index contributed by atoms with van der Waals surface area (Å²) in [5.74, 6) is 0. The standard InChI is InChI=1S/C20H33N/c1-18(2,3)13-17(21)14-8-9-15-16(12-14)20(6,7)11-10-19(15,4)5/h8-9,12,17H,10-11,13,21H2,1-7H3. The second-order valence-corrected chi connectivity index (χ2v) is 9.44. The van der Waals surface area contributed by atoms with Gasteiger partial charge >= 0.3 is 0 Å². The first-order valence-electron chi connectivity index (χ1n) is 8.33. The number of fused-ring (bicyclic) bond motifs is 1. The Bertz CT molecular complexity index is 517. The zero-order valence-electron chi connectivity index (χ0n) is 15.0. The van der Waals surface area contributed by atoms with Crippen molar-refractivity contribution in [3.8, 4) is 0 Å². The quantitative estimate of drug-likeness (QED) is 0.766. The highest BCUT2D eigenvalue weighted by molar-refractivity contribution is 5.44.